The number of azo groups is 1. The summed E-state index contributed by atoms with van der Waals surface area (Å²) in [6, 6.07) is 19.1. The number of hydrogen-bond donors (Lipinski definition) is 2. The minimum Gasteiger partial charge on any atom is -0.726 e. The summed E-state index contributed by atoms with van der Waals surface area (Å²) in [6.45, 7) is -0.815. The maximum Gasteiger partial charge on any atom is 1.00 e. The maximum atomic E-state index is 12.9. The van der Waals surface area contributed by atoms with Crippen LogP contribution in [0.25, 0.3) is 6.08 Å². The van der Waals surface area contributed by atoms with Gasteiger partial charge in [0.05, 0.1) is 23.8 Å². The topological polar surface area (TPSA) is 193 Å². The second-order valence-corrected chi connectivity index (χ2v) is 10.8. The van der Waals surface area contributed by atoms with Gasteiger partial charge in [0.25, 0.3) is 0 Å². The molecule has 0 fully saturated rings. The number of sulfone groups is 1. The second kappa shape index (κ2) is 18.7. The van der Waals surface area contributed by atoms with E-state index < -0.39 is 38.4 Å². The standard InChI is InChI=1S/C24H18N5O7S2.4Na/c25-21-12-10-20-19(11-13-22(24(20)30)28-26-16-4-2-1-3-5-16)23(21)29-27-17-6-8-18(9-7-17)37(31,32)15-14-36-38(33,34)35;;;;/h2-6,8-12,26H,14-15,25H2,(H,33,34,35);;;;/q-3;4*+1/p-1/b28-22+,29-27?;;;;. The summed E-state index contributed by atoms with van der Waals surface area (Å²) in [5.74, 6) is -1.12. The fraction of sp³-hybridized carbons (Fsp3) is 0.0833. The van der Waals surface area contributed by atoms with E-state index in [9.17, 15) is 26.2 Å². The van der Waals surface area contributed by atoms with Crippen LogP contribution in [0.15, 0.2) is 74.8 Å². The van der Waals surface area contributed by atoms with Crippen LogP contribution in [0.2, 0.25) is 0 Å². The van der Waals surface area contributed by atoms with E-state index >= 15 is 0 Å². The van der Waals surface area contributed by atoms with Crippen LogP contribution in [-0.4, -0.2) is 45.2 Å². The minimum absolute atomic E-state index is 0. The predicted molar refractivity (Wildman–Crippen MR) is 136 cm³/mol. The van der Waals surface area contributed by atoms with Crippen molar-refractivity contribution in [2.75, 3.05) is 23.5 Å². The average molecular weight is 644 g/mol. The quantitative estimate of drug-likeness (QED) is 0.0434. The molecule has 3 aromatic rings. The number of carbonyl (C=O) groups excluding carboxylic acids is 1. The molecule has 3 aromatic carbocycles. The molecule has 0 heterocycles. The van der Waals surface area contributed by atoms with E-state index in [-0.39, 0.29) is 146 Å². The van der Waals surface area contributed by atoms with E-state index in [1.54, 1.807) is 30.3 Å². The molecule has 1 aliphatic rings. The zero-order valence-electron chi connectivity index (χ0n) is 23.3. The number of rotatable bonds is 9. The molecule has 0 radical (unpaired) electrons. The van der Waals surface area contributed by atoms with Crippen molar-refractivity contribution >= 4 is 60.6 Å². The smallest absolute Gasteiger partial charge is 0.726 e. The van der Waals surface area contributed by atoms with Crippen LogP contribution < -0.4 is 129 Å². The van der Waals surface area contributed by atoms with E-state index in [1.807, 2.05) is 0 Å². The summed E-state index contributed by atoms with van der Waals surface area (Å²) >= 11 is 0. The normalized spacial score (nSPS) is 13.3. The number of anilines is 2. The van der Waals surface area contributed by atoms with Gasteiger partial charge in [0.1, 0.15) is 9.84 Å². The molecule has 0 aromatic heterocycles. The molecule has 0 aliphatic heterocycles. The molecule has 4 rings (SSSR count). The molecule has 0 amide bonds. The van der Waals surface area contributed by atoms with Crippen molar-refractivity contribution in [3.05, 3.63) is 83.9 Å². The molecule has 0 saturated carbocycles. The number of nitrogens with two attached hydrogens (primary N) is 1. The Kier molecular flexibility index (Phi) is 18.6. The minimum atomic E-state index is -5.00. The van der Waals surface area contributed by atoms with E-state index in [2.05, 4.69) is 43.1 Å². The summed E-state index contributed by atoms with van der Waals surface area (Å²) in [4.78, 5) is 12.8. The number of Topliss-reactive ketones (excluding diaryl/α,β-unsaturated/α-hetero) is 1. The zero-order valence-corrected chi connectivity index (χ0v) is 32.9. The second-order valence-electron chi connectivity index (χ2n) is 7.60. The van der Waals surface area contributed by atoms with Gasteiger partial charge in [0, 0.05) is 11.4 Å². The van der Waals surface area contributed by atoms with E-state index in [0.717, 1.165) is 6.07 Å². The molecule has 0 atom stereocenters. The van der Waals surface area contributed by atoms with Crippen molar-refractivity contribution in [3.8, 4) is 0 Å². The van der Waals surface area contributed by atoms with Gasteiger partial charge in [-0.15, -0.1) is 18.2 Å². The Morgan fingerprint density at radius 2 is 1.64 bits per heavy atom. The number of hydrogen-bond acceptors (Lipinski definition) is 12. The molecule has 0 saturated heterocycles. The number of allylic oxidation sites excluding steroid dienone is 1. The van der Waals surface area contributed by atoms with Crippen molar-refractivity contribution in [2.45, 2.75) is 4.90 Å². The zero-order chi connectivity index (χ0) is 27.3. The van der Waals surface area contributed by atoms with Crippen LogP contribution in [0.1, 0.15) is 15.9 Å². The largest absolute Gasteiger partial charge is 1.00 e. The van der Waals surface area contributed by atoms with Crippen LogP contribution >= 0.6 is 0 Å². The summed E-state index contributed by atoms with van der Waals surface area (Å²) in [6.07, 6.45) is 4.34. The van der Waals surface area contributed by atoms with Gasteiger partial charge in [-0.25, -0.2) is 21.9 Å². The number of nitrogen functional groups attached to an aromatic ring is 1. The third kappa shape index (κ3) is 11.6. The number of nitrogens with zero attached hydrogens (tertiary/aromatic N) is 3. The summed E-state index contributed by atoms with van der Waals surface area (Å²) in [5.41, 5.74) is 10.8. The van der Waals surface area contributed by atoms with Gasteiger partial charge in [0.2, 0.25) is 10.4 Å². The van der Waals surface area contributed by atoms with Crippen molar-refractivity contribution in [3.63, 3.8) is 0 Å². The number of benzene rings is 3. The molecule has 12 nitrogen and oxygen atoms in total. The Morgan fingerprint density at radius 3 is 2.26 bits per heavy atom. The molecule has 196 valence electrons. The SMILES string of the molecule is Nc1ccc2c(c1N=Nc1[c-]cc(S(=O)(=O)CCOS(=O)(=O)[O-])cc1)C=[C-]/C(=N\Nc1cc[c-]cc1)C2=O.[Na+].[Na+].[Na+].[Na+]. The van der Waals surface area contributed by atoms with Crippen molar-refractivity contribution in [1.82, 2.24) is 0 Å². The molecule has 0 bridgehead atoms. The van der Waals surface area contributed by atoms with Gasteiger partial charge in [-0.1, -0.05) is 22.9 Å². The molecule has 42 heavy (non-hydrogen) atoms. The number of fused-ring (bicyclic) bond motifs is 1. The first-order valence-corrected chi connectivity index (χ1v) is 13.7. The number of hydrazone groups is 1. The predicted octanol–water partition coefficient (Wildman–Crippen LogP) is -8.97. The first kappa shape index (κ1) is 41.8. The molecule has 0 unspecified atom stereocenters. The Hall–Kier alpha value is -0.240. The van der Waals surface area contributed by atoms with Crippen molar-refractivity contribution in [2.24, 2.45) is 15.3 Å². The average Bonchev–Trinajstić information content (AvgIpc) is 2.87. The van der Waals surface area contributed by atoms with Crippen LogP contribution in [0.3, 0.4) is 0 Å². The molecule has 18 heteroatoms. The molecular weight excluding hydrogens is 626 g/mol. The summed E-state index contributed by atoms with van der Waals surface area (Å²) < 4.78 is 59.9. The van der Waals surface area contributed by atoms with E-state index in [4.69, 9.17) is 5.73 Å². The van der Waals surface area contributed by atoms with Crippen LogP contribution in [0, 0.1) is 18.2 Å². The van der Waals surface area contributed by atoms with Gasteiger partial charge < -0.3 is 20.5 Å². The monoisotopic (exact) mass is 643 g/mol. The first-order chi connectivity index (χ1) is 18.0. The van der Waals surface area contributed by atoms with Gasteiger partial charge in [0.15, 0.2) is 0 Å². The van der Waals surface area contributed by atoms with E-state index in [1.165, 1.54) is 24.3 Å². The molecular formula is C24H17N5Na4O7S2. The van der Waals surface area contributed by atoms with Crippen molar-refractivity contribution in [1.29, 1.82) is 0 Å². The number of carbonyl (C=O) groups is 1. The fourth-order valence-electron chi connectivity index (χ4n) is 3.20. The molecule has 1 aliphatic carbocycles. The Labute approximate surface area is 332 Å². The molecule has 3 N–H and O–H groups in total. The van der Waals surface area contributed by atoms with Crippen LogP contribution in [0.5, 0.6) is 0 Å². The number of ketones is 1. The van der Waals surface area contributed by atoms with Gasteiger partial charge in [-0.3, -0.25) is 4.18 Å². The first-order valence-electron chi connectivity index (χ1n) is 10.7. The summed E-state index contributed by atoms with van der Waals surface area (Å²) in [7, 11) is -8.94. The Balaban J connectivity index is 0.00000420. The third-order valence-corrected chi connectivity index (χ3v) is 7.17. The Bertz CT molecular complexity index is 1690. The third-order valence-electron chi connectivity index (χ3n) is 5.04. The van der Waals surface area contributed by atoms with E-state index in [0.29, 0.717) is 16.8 Å². The maximum absolute atomic E-state index is 12.9. The van der Waals surface area contributed by atoms with Gasteiger partial charge >= 0.3 is 118 Å². The Morgan fingerprint density at radius 1 is 0.952 bits per heavy atom. The van der Waals surface area contributed by atoms with Crippen molar-refractivity contribution < 1.29 is 149 Å². The molecule has 0 spiro atoms. The fourth-order valence-corrected chi connectivity index (χ4v) is 4.65. The van der Waals surface area contributed by atoms with Gasteiger partial charge in [-0.05, 0) is 16.6 Å². The summed E-state index contributed by atoms with van der Waals surface area (Å²) in [5, 5.41) is 12.3. The number of nitrogens with one attached hydrogen (secondary N) is 1. The van der Waals surface area contributed by atoms with Gasteiger partial charge in [-0.2, -0.15) is 58.8 Å². The van der Waals surface area contributed by atoms with Crippen LogP contribution in [0.4, 0.5) is 22.7 Å². The van der Waals surface area contributed by atoms with Crippen LogP contribution in [-0.2, 0) is 24.4 Å².